The molecule has 0 aliphatic heterocycles. The van der Waals surface area contributed by atoms with E-state index in [2.05, 4.69) is 13.5 Å². The summed E-state index contributed by atoms with van der Waals surface area (Å²) < 4.78 is 0. The molecule has 0 aliphatic carbocycles. The van der Waals surface area contributed by atoms with Crippen LogP contribution in [0, 0.1) is 0 Å². The van der Waals surface area contributed by atoms with E-state index in [1.165, 1.54) is 0 Å². The summed E-state index contributed by atoms with van der Waals surface area (Å²) in [6, 6.07) is 0. The van der Waals surface area contributed by atoms with E-state index in [0.29, 0.717) is 12.8 Å². The third kappa shape index (κ3) is 17.6. The average Bonchev–Trinajstić information content (AvgIpc) is 2.60. The van der Waals surface area contributed by atoms with Crippen molar-refractivity contribution in [2.45, 2.75) is 133 Å². The molecule has 0 fully saturated rings. The largest absolute Gasteiger partial charge is 0.393 e. The molecule has 0 saturated carbocycles. The molecule has 0 aromatic heterocycles. The van der Waals surface area contributed by atoms with Crippen LogP contribution in [0.5, 0.6) is 0 Å². The molecular weight excluding hydrogens is 404 g/mol. The molecule has 31 heavy (non-hydrogen) atoms. The van der Waals surface area contributed by atoms with Gasteiger partial charge < -0.3 is 40.9 Å². The number of aliphatic hydroxyl groups is 8. The Bertz CT molecular complexity index is 436. The first-order valence-electron chi connectivity index (χ1n) is 11.6. The van der Waals surface area contributed by atoms with Gasteiger partial charge in [0.1, 0.15) is 0 Å². The van der Waals surface area contributed by atoms with Crippen LogP contribution in [0.1, 0.15) is 84.0 Å². The van der Waals surface area contributed by atoms with Crippen molar-refractivity contribution in [3.8, 4) is 0 Å². The number of unbranched alkanes of at least 4 members (excludes halogenated alkanes) is 2. The second kappa shape index (κ2) is 17.9. The molecule has 0 bridgehead atoms. The minimum Gasteiger partial charge on any atom is -0.393 e. The van der Waals surface area contributed by atoms with Crippen molar-refractivity contribution >= 4 is 0 Å². The maximum atomic E-state index is 10.1. The van der Waals surface area contributed by atoms with E-state index in [0.717, 1.165) is 19.3 Å². The first-order valence-corrected chi connectivity index (χ1v) is 11.6. The average molecular weight is 451 g/mol. The van der Waals surface area contributed by atoms with E-state index < -0.39 is 48.8 Å². The molecule has 8 unspecified atom stereocenters. The molecule has 0 heterocycles. The highest BCUT2D eigenvalue weighted by molar-refractivity contribution is 4.78. The van der Waals surface area contributed by atoms with E-state index in [1.807, 2.05) is 0 Å². The van der Waals surface area contributed by atoms with Crippen LogP contribution >= 0.6 is 0 Å². The van der Waals surface area contributed by atoms with Crippen LogP contribution in [0.3, 0.4) is 0 Å². The molecule has 186 valence electrons. The lowest BCUT2D eigenvalue weighted by Gasteiger charge is -2.23. The second-order valence-corrected chi connectivity index (χ2v) is 8.90. The molecule has 8 atom stereocenters. The Morgan fingerprint density at radius 1 is 0.516 bits per heavy atom. The summed E-state index contributed by atoms with van der Waals surface area (Å²) in [5, 5.41) is 79.6. The molecule has 0 radical (unpaired) electrons. The number of hydrogen-bond donors (Lipinski definition) is 8. The van der Waals surface area contributed by atoms with Gasteiger partial charge in [-0.1, -0.05) is 32.3 Å². The number of hydrogen-bond acceptors (Lipinski definition) is 8. The fourth-order valence-corrected chi connectivity index (χ4v) is 3.81. The summed E-state index contributed by atoms with van der Waals surface area (Å²) in [6.07, 6.45) is -1.51. The summed E-state index contributed by atoms with van der Waals surface area (Å²) in [7, 11) is 0. The van der Waals surface area contributed by atoms with Crippen molar-refractivity contribution in [1.29, 1.82) is 0 Å². The fraction of sp³-hybridized carbons (Fsp3) is 0.913. The van der Waals surface area contributed by atoms with Crippen LogP contribution in [0.15, 0.2) is 12.7 Å². The smallest absolute Gasteiger partial charge is 0.0599 e. The topological polar surface area (TPSA) is 162 Å². The van der Waals surface area contributed by atoms with Crippen molar-refractivity contribution in [3.63, 3.8) is 0 Å². The van der Waals surface area contributed by atoms with Gasteiger partial charge in [-0.05, 0) is 57.8 Å². The predicted octanol–water partition coefficient (Wildman–Crippen LogP) is 0.761. The minimum absolute atomic E-state index is 0.00322. The summed E-state index contributed by atoms with van der Waals surface area (Å²) in [5.74, 6) is 0. The molecule has 0 saturated heterocycles. The summed E-state index contributed by atoms with van der Waals surface area (Å²) >= 11 is 0. The summed E-state index contributed by atoms with van der Waals surface area (Å²) in [5.41, 5.74) is 0. The van der Waals surface area contributed by atoms with Crippen molar-refractivity contribution in [2.24, 2.45) is 0 Å². The van der Waals surface area contributed by atoms with Crippen molar-refractivity contribution in [3.05, 3.63) is 12.7 Å². The van der Waals surface area contributed by atoms with E-state index >= 15 is 0 Å². The Balaban J connectivity index is 4.11. The molecule has 0 aliphatic rings. The van der Waals surface area contributed by atoms with Crippen LogP contribution in [0.4, 0.5) is 0 Å². The molecule has 8 heteroatoms. The van der Waals surface area contributed by atoms with Crippen LogP contribution < -0.4 is 0 Å². The van der Waals surface area contributed by atoms with Gasteiger partial charge in [0.15, 0.2) is 0 Å². The Labute approximate surface area is 186 Å². The van der Waals surface area contributed by atoms with Gasteiger partial charge in [-0.15, -0.1) is 6.58 Å². The standard InChI is InChI=1S/C23H46O8/c1-3-5-6-8-17(25)10-19(27)12-21(29)14-23(31)15-22(30)13-20(28)11-18(26)9-16(24)7-4-2/h4,16-31H,2-3,5-15H2,1H3. The van der Waals surface area contributed by atoms with Crippen LogP contribution in [-0.4, -0.2) is 89.7 Å². The number of aliphatic hydroxyl groups excluding tert-OH is 8. The molecule has 8 N–H and O–H groups in total. The third-order valence-electron chi connectivity index (χ3n) is 5.39. The zero-order chi connectivity index (χ0) is 23.8. The summed E-state index contributed by atoms with van der Waals surface area (Å²) in [4.78, 5) is 0. The highest BCUT2D eigenvalue weighted by Gasteiger charge is 2.23. The zero-order valence-electron chi connectivity index (χ0n) is 19.0. The fourth-order valence-electron chi connectivity index (χ4n) is 3.81. The monoisotopic (exact) mass is 450 g/mol. The lowest BCUT2D eigenvalue weighted by Crippen LogP contribution is -2.30. The first kappa shape index (κ1) is 30.4. The third-order valence-corrected chi connectivity index (χ3v) is 5.39. The Hall–Kier alpha value is -0.580. The highest BCUT2D eigenvalue weighted by atomic mass is 16.3. The van der Waals surface area contributed by atoms with Gasteiger partial charge in [0.2, 0.25) is 0 Å². The Morgan fingerprint density at radius 3 is 1.16 bits per heavy atom. The van der Waals surface area contributed by atoms with Gasteiger partial charge in [-0.25, -0.2) is 0 Å². The maximum Gasteiger partial charge on any atom is 0.0599 e. The lowest BCUT2D eigenvalue weighted by molar-refractivity contribution is -0.00905. The van der Waals surface area contributed by atoms with Gasteiger partial charge in [-0.2, -0.15) is 0 Å². The molecule has 0 aromatic rings. The molecule has 0 rings (SSSR count). The van der Waals surface area contributed by atoms with E-state index in [9.17, 15) is 40.9 Å². The van der Waals surface area contributed by atoms with Gasteiger partial charge in [0.25, 0.3) is 0 Å². The van der Waals surface area contributed by atoms with Gasteiger partial charge in [0.05, 0.1) is 48.8 Å². The van der Waals surface area contributed by atoms with Gasteiger partial charge in [-0.3, -0.25) is 0 Å². The van der Waals surface area contributed by atoms with Gasteiger partial charge in [0, 0.05) is 0 Å². The SMILES string of the molecule is C=CCC(O)CC(O)CC(O)CC(O)CC(O)CC(O)CC(O)CC(O)CCCCC. The molecule has 0 spiro atoms. The van der Waals surface area contributed by atoms with E-state index in [1.54, 1.807) is 6.08 Å². The van der Waals surface area contributed by atoms with E-state index in [-0.39, 0.29) is 44.9 Å². The normalized spacial score (nSPS) is 19.8. The maximum absolute atomic E-state index is 10.1. The van der Waals surface area contributed by atoms with Crippen LogP contribution in [0.25, 0.3) is 0 Å². The molecular formula is C23H46O8. The zero-order valence-corrected chi connectivity index (χ0v) is 19.0. The first-order chi connectivity index (χ1) is 14.6. The second-order valence-electron chi connectivity index (χ2n) is 8.90. The predicted molar refractivity (Wildman–Crippen MR) is 119 cm³/mol. The molecule has 0 amide bonds. The van der Waals surface area contributed by atoms with Crippen molar-refractivity contribution < 1.29 is 40.9 Å². The van der Waals surface area contributed by atoms with Crippen LogP contribution in [-0.2, 0) is 0 Å². The minimum atomic E-state index is -1.02. The molecule has 0 aromatic carbocycles. The highest BCUT2D eigenvalue weighted by Crippen LogP contribution is 2.18. The van der Waals surface area contributed by atoms with Crippen LogP contribution in [0.2, 0.25) is 0 Å². The lowest BCUT2D eigenvalue weighted by atomic mass is 9.95. The Morgan fingerprint density at radius 2 is 0.839 bits per heavy atom. The van der Waals surface area contributed by atoms with Gasteiger partial charge >= 0.3 is 0 Å². The Kier molecular flexibility index (Phi) is 17.6. The van der Waals surface area contributed by atoms with E-state index in [4.69, 9.17) is 0 Å². The number of rotatable bonds is 20. The van der Waals surface area contributed by atoms with Crippen molar-refractivity contribution in [2.75, 3.05) is 0 Å². The summed E-state index contributed by atoms with van der Waals surface area (Å²) in [6.45, 7) is 5.58. The quantitative estimate of drug-likeness (QED) is 0.0996. The molecule has 8 nitrogen and oxygen atoms in total. The van der Waals surface area contributed by atoms with Crippen molar-refractivity contribution in [1.82, 2.24) is 0 Å².